The van der Waals surface area contributed by atoms with Crippen molar-refractivity contribution in [3.8, 4) is 17.6 Å². The first-order valence-electron chi connectivity index (χ1n) is 8.06. The molecule has 0 radical (unpaired) electrons. The monoisotopic (exact) mass is 328 g/mol. The highest BCUT2D eigenvalue weighted by Crippen LogP contribution is 2.44. The van der Waals surface area contributed by atoms with Crippen LogP contribution in [0.5, 0.6) is 5.88 Å². The molecule has 2 heterocycles. The molecular weight excluding hydrogens is 312 g/mol. The summed E-state index contributed by atoms with van der Waals surface area (Å²) in [4.78, 5) is 0. The molecule has 122 valence electrons. The van der Waals surface area contributed by atoms with Crippen LogP contribution in [0.15, 0.2) is 60.7 Å². The number of rotatable bonds is 2. The van der Waals surface area contributed by atoms with Gasteiger partial charge in [-0.25, -0.2) is 4.68 Å². The molecule has 2 unspecified atom stereocenters. The molecule has 0 fully saturated rings. The van der Waals surface area contributed by atoms with E-state index in [1.54, 1.807) is 4.68 Å². The number of benzene rings is 2. The Kier molecular flexibility index (Phi) is 3.58. The summed E-state index contributed by atoms with van der Waals surface area (Å²) in [6.45, 7) is 1.92. The highest BCUT2D eigenvalue weighted by atomic mass is 16.5. The zero-order valence-electron chi connectivity index (χ0n) is 13.7. The summed E-state index contributed by atoms with van der Waals surface area (Å²) in [7, 11) is 0. The zero-order chi connectivity index (χ0) is 17.4. The van der Waals surface area contributed by atoms with E-state index in [4.69, 9.17) is 10.1 Å². The van der Waals surface area contributed by atoms with Gasteiger partial charge in [0.25, 0.3) is 0 Å². The Labute approximate surface area is 145 Å². The van der Waals surface area contributed by atoms with E-state index in [0.717, 1.165) is 22.5 Å². The molecule has 3 aromatic rings. The van der Waals surface area contributed by atoms with Crippen LogP contribution in [0.25, 0.3) is 5.69 Å². The van der Waals surface area contributed by atoms with Gasteiger partial charge in [0.2, 0.25) is 11.8 Å². The zero-order valence-corrected chi connectivity index (χ0v) is 13.7. The minimum Gasteiger partial charge on any atom is -0.423 e. The van der Waals surface area contributed by atoms with E-state index in [2.05, 4.69) is 11.2 Å². The molecule has 4 rings (SSSR count). The lowest BCUT2D eigenvalue weighted by Crippen LogP contribution is -2.31. The molecule has 0 aliphatic carbocycles. The Hall–Kier alpha value is -3.39. The Morgan fingerprint density at radius 3 is 2.36 bits per heavy atom. The molecule has 5 nitrogen and oxygen atoms in total. The van der Waals surface area contributed by atoms with Gasteiger partial charge in [0.15, 0.2) is 0 Å². The molecule has 1 aliphatic rings. The van der Waals surface area contributed by atoms with Crippen molar-refractivity contribution in [2.75, 3.05) is 0 Å². The summed E-state index contributed by atoms with van der Waals surface area (Å²) in [5, 5.41) is 22.5. The fraction of sp³-hybridized carbons (Fsp3) is 0.150. The predicted molar refractivity (Wildman–Crippen MR) is 94.0 cm³/mol. The fourth-order valence-corrected chi connectivity index (χ4v) is 3.36. The van der Waals surface area contributed by atoms with Gasteiger partial charge in [-0.05, 0) is 24.6 Å². The summed E-state index contributed by atoms with van der Waals surface area (Å²) >= 11 is 0. The van der Waals surface area contributed by atoms with E-state index >= 15 is 0 Å². The average Bonchev–Trinajstić information content (AvgIpc) is 2.98. The van der Waals surface area contributed by atoms with Crippen LogP contribution in [-0.4, -0.2) is 15.7 Å². The smallest absolute Gasteiger partial charge is 0.228 e. The van der Waals surface area contributed by atoms with Crippen LogP contribution in [0.2, 0.25) is 0 Å². The largest absolute Gasteiger partial charge is 0.423 e. The molecule has 25 heavy (non-hydrogen) atoms. The lowest BCUT2D eigenvalue weighted by atomic mass is 9.80. The second-order valence-corrected chi connectivity index (χ2v) is 6.01. The number of nitrogens with zero attached hydrogens (tertiary/aromatic N) is 3. The second-order valence-electron chi connectivity index (χ2n) is 6.01. The highest BCUT2D eigenvalue weighted by molar-refractivity contribution is 5.85. The molecule has 1 aromatic heterocycles. The van der Waals surface area contributed by atoms with Gasteiger partial charge >= 0.3 is 0 Å². The van der Waals surface area contributed by atoms with Crippen LogP contribution in [0.4, 0.5) is 0 Å². The molecule has 5 heteroatoms. The second kappa shape index (κ2) is 5.91. The normalized spacial score (nSPS) is 19.0. The van der Waals surface area contributed by atoms with Crippen molar-refractivity contribution < 1.29 is 4.74 Å². The molecule has 0 bridgehead atoms. The number of aryl methyl sites for hydroxylation is 1. The molecular formula is C20H16N4O. The minimum atomic E-state index is -0.665. The molecule has 0 saturated heterocycles. The van der Waals surface area contributed by atoms with Gasteiger partial charge < -0.3 is 4.74 Å². The van der Waals surface area contributed by atoms with E-state index < -0.39 is 5.92 Å². The Bertz CT molecular complexity index is 970. The van der Waals surface area contributed by atoms with Crippen LogP contribution in [0, 0.1) is 29.6 Å². The van der Waals surface area contributed by atoms with Gasteiger partial charge in [0.05, 0.1) is 17.5 Å². The van der Waals surface area contributed by atoms with Crippen LogP contribution in [0.3, 0.4) is 0 Å². The summed E-state index contributed by atoms with van der Waals surface area (Å²) in [6, 6.07) is 21.7. The van der Waals surface area contributed by atoms with E-state index in [-0.39, 0.29) is 11.8 Å². The van der Waals surface area contributed by atoms with Crippen molar-refractivity contribution in [3.63, 3.8) is 0 Å². The number of nitriles is 1. The standard InChI is InChI=1S/C20H16N4O/c1-13-17-18(14-8-4-2-5-9-14)16(12-21)19(22)25-20(17)24(23-13)15-10-6-3-7-11-15/h2-11,16,18,22H,1H3. The fourth-order valence-electron chi connectivity index (χ4n) is 3.36. The number of hydrogen-bond donors (Lipinski definition) is 1. The van der Waals surface area contributed by atoms with Crippen molar-refractivity contribution in [1.82, 2.24) is 9.78 Å². The van der Waals surface area contributed by atoms with Gasteiger partial charge in [0, 0.05) is 11.5 Å². The van der Waals surface area contributed by atoms with E-state index in [0.29, 0.717) is 5.88 Å². The predicted octanol–water partition coefficient (Wildman–Crippen LogP) is 3.82. The van der Waals surface area contributed by atoms with Gasteiger partial charge in [-0.1, -0.05) is 48.5 Å². The summed E-state index contributed by atoms with van der Waals surface area (Å²) in [5.41, 5.74) is 3.53. The van der Waals surface area contributed by atoms with Crippen LogP contribution in [0.1, 0.15) is 22.7 Å². The van der Waals surface area contributed by atoms with Crippen LogP contribution < -0.4 is 4.74 Å². The third-order valence-corrected chi connectivity index (χ3v) is 4.49. The topological polar surface area (TPSA) is 74.7 Å². The van der Waals surface area contributed by atoms with E-state index in [9.17, 15) is 5.26 Å². The van der Waals surface area contributed by atoms with Crippen molar-refractivity contribution in [2.24, 2.45) is 5.92 Å². The third kappa shape index (κ3) is 2.39. The summed E-state index contributed by atoms with van der Waals surface area (Å²) < 4.78 is 7.47. The molecule has 2 atom stereocenters. The van der Waals surface area contributed by atoms with E-state index in [1.165, 1.54) is 0 Å². The maximum atomic E-state index is 9.64. The molecule has 2 aromatic carbocycles. The maximum Gasteiger partial charge on any atom is 0.228 e. The van der Waals surface area contributed by atoms with E-state index in [1.807, 2.05) is 67.6 Å². The number of aromatic nitrogens is 2. The first-order chi connectivity index (χ1) is 12.2. The maximum absolute atomic E-state index is 9.64. The van der Waals surface area contributed by atoms with Crippen LogP contribution >= 0.6 is 0 Å². The minimum absolute atomic E-state index is 0.0408. The van der Waals surface area contributed by atoms with Crippen molar-refractivity contribution in [1.29, 1.82) is 10.7 Å². The van der Waals surface area contributed by atoms with Gasteiger partial charge in [-0.2, -0.15) is 10.4 Å². The molecule has 0 saturated carbocycles. The molecule has 0 amide bonds. The lowest BCUT2D eigenvalue weighted by molar-refractivity contribution is 0.424. The third-order valence-electron chi connectivity index (χ3n) is 4.49. The number of fused-ring (bicyclic) bond motifs is 1. The molecule has 1 aliphatic heterocycles. The number of nitrogens with one attached hydrogen (secondary N) is 1. The Balaban J connectivity index is 1.95. The first-order valence-corrected chi connectivity index (χ1v) is 8.06. The average molecular weight is 328 g/mol. The SMILES string of the molecule is Cc1nn(-c2ccccc2)c2c1C(c1ccccc1)C(C#N)C(=N)O2. The Morgan fingerprint density at radius 1 is 1.08 bits per heavy atom. The van der Waals surface area contributed by atoms with Crippen molar-refractivity contribution in [3.05, 3.63) is 77.5 Å². The van der Waals surface area contributed by atoms with Gasteiger partial charge in [-0.3, -0.25) is 5.41 Å². The number of para-hydroxylation sites is 1. The Morgan fingerprint density at radius 2 is 1.72 bits per heavy atom. The number of ether oxygens (including phenoxy) is 1. The van der Waals surface area contributed by atoms with Gasteiger partial charge in [-0.15, -0.1) is 0 Å². The highest BCUT2D eigenvalue weighted by Gasteiger charge is 2.41. The summed E-state index contributed by atoms with van der Waals surface area (Å²) in [5.74, 6) is -0.447. The van der Waals surface area contributed by atoms with Crippen LogP contribution in [-0.2, 0) is 0 Å². The quantitative estimate of drug-likeness (QED) is 0.777. The lowest BCUT2D eigenvalue weighted by Gasteiger charge is -2.28. The molecule has 1 N–H and O–H groups in total. The molecule has 0 spiro atoms. The first kappa shape index (κ1) is 15.2. The summed E-state index contributed by atoms with van der Waals surface area (Å²) in [6.07, 6.45) is 0. The van der Waals surface area contributed by atoms with Crippen molar-refractivity contribution in [2.45, 2.75) is 12.8 Å². The van der Waals surface area contributed by atoms with Crippen molar-refractivity contribution >= 4 is 5.90 Å². The van der Waals surface area contributed by atoms with Gasteiger partial charge in [0.1, 0.15) is 5.92 Å². The number of hydrogen-bond acceptors (Lipinski definition) is 4.